The van der Waals surface area contributed by atoms with Gasteiger partial charge in [-0.1, -0.05) is 115 Å². The van der Waals surface area contributed by atoms with E-state index in [1.165, 1.54) is 5.39 Å². The molecule has 9 aromatic carbocycles. The van der Waals surface area contributed by atoms with Crippen LogP contribution in [-0.2, 0) is 0 Å². The van der Waals surface area contributed by atoms with Crippen LogP contribution in [0.1, 0.15) is 0 Å². The van der Waals surface area contributed by atoms with Crippen molar-refractivity contribution in [3.8, 4) is 11.1 Å². The van der Waals surface area contributed by atoms with Crippen LogP contribution >= 0.6 is 0 Å². The highest BCUT2D eigenvalue weighted by molar-refractivity contribution is 6.20. The Labute approximate surface area is 308 Å². The van der Waals surface area contributed by atoms with Crippen LogP contribution in [0.25, 0.3) is 98.5 Å². The van der Waals surface area contributed by atoms with E-state index < -0.39 is 0 Å². The monoisotopic (exact) mass is 691 g/mol. The first kappa shape index (κ1) is 29.3. The van der Waals surface area contributed by atoms with Gasteiger partial charge in [-0.2, -0.15) is 0 Å². The second-order valence-corrected chi connectivity index (χ2v) is 14.0. The molecule has 12 aromatic rings. The first-order chi connectivity index (χ1) is 26.8. The number of hydrogen-bond donors (Lipinski definition) is 0. The van der Waals surface area contributed by atoms with E-state index in [1.54, 1.807) is 0 Å². The van der Waals surface area contributed by atoms with Gasteiger partial charge in [-0.25, -0.2) is 0 Å². The molecule has 0 saturated heterocycles. The molecule has 252 valence electrons. The zero-order chi connectivity index (χ0) is 35.3. The molecule has 0 spiro atoms. The lowest BCUT2D eigenvalue weighted by Gasteiger charge is -2.26. The second kappa shape index (κ2) is 11.1. The van der Waals surface area contributed by atoms with E-state index in [4.69, 9.17) is 13.3 Å². The summed E-state index contributed by atoms with van der Waals surface area (Å²) >= 11 is 0. The van der Waals surface area contributed by atoms with Gasteiger partial charge in [-0.15, -0.1) is 0 Å². The third-order valence-electron chi connectivity index (χ3n) is 11.1. The van der Waals surface area contributed by atoms with Crippen LogP contribution in [0.5, 0.6) is 0 Å². The van der Waals surface area contributed by atoms with E-state index in [0.717, 1.165) is 110 Å². The maximum Gasteiger partial charge on any atom is 0.159 e. The summed E-state index contributed by atoms with van der Waals surface area (Å²) in [6, 6.07) is 61.9. The molecule has 12 rings (SSSR count). The summed E-state index contributed by atoms with van der Waals surface area (Å²) in [6.07, 6.45) is 0. The summed E-state index contributed by atoms with van der Waals surface area (Å²) in [7, 11) is 0. The molecule has 54 heavy (non-hydrogen) atoms. The van der Waals surface area contributed by atoms with Crippen molar-refractivity contribution in [3.05, 3.63) is 176 Å². The minimum atomic E-state index is 0.836. The lowest BCUT2D eigenvalue weighted by atomic mass is 10.0. The summed E-state index contributed by atoms with van der Waals surface area (Å²) in [5.74, 6) is 0. The van der Waals surface area contributed by atoms with Gasteiger partial charge in [0.1, 0.15) is 27.9 Å². The Hall–Kier alpha value is -7.30. The molecule has 0 aliphatic heterocycles. The lowest BCUT2D eigenvalue weighted by Crippen LogP contribution is -2.10. The molecule has 4 heteroatoms. The summed E-state index contributed by atoms with van der Waals surface area (Å²) < 4.78 is 19.7. The van der Waals surface area contributed by atoms with Crippen molar-refractivity contribution in [1.29, 1.82) is 0 Å². The predicted octanol–water partition coefficient (Wildman–Crippen LogP) is 14.8. The third-order valence-corrected chi connectivity index (χ3v) is 11.1. The molecule has 0 bridgehead atoms. The fourth-order valence-corrected chi connectivity index (χ4v) is 8.52. The van der Waals surface area contributed by atoms with Crippen molar-refractivity contribution in [3.63, 3.8) is 0 Å². The molecule has 0 atom stereocenters. The van der Waals surface area contributed by atoms with Crippen molar-refractivity contribution in [2.45, 2.75) is 0 Å². The van der Waals surface area contributed by atoms with Gasteiger partial charge >= 0.3 is 0 Å². The number of para-hydroxylation sites is 2. The van der Waals surface area contributed by atoms with Crippen LogP contribution in [-0.4, -0.2) is 0 Å². The van der Waals surface area contributed by atoms with Crippen molar-refractivity contribution in [2.75, 3.05) is 4.90 Å². The normalized spacial score (nSPS) is 12.1. The van der Waals surface area contributed by atoms with Crippen LogP contribution in [0, 0.1) is 0 Å². The molecule has 0 saturated carbocycles. The van der Waals surface area contributed by atoms with Crippen LogP contribution < -0.4 is 4.90 Å². The predicted molar refractivity (Wildman–Crippen MR) is 223 cm³/mol. The maximum atomic E-state index is 6.92. The average molecular weight is 692 g/mol. The van der Waals surface area contributed by atoms with E-state index in [0.29, 0.717) is 0 Å². The van der Waals surface area contributed by atoms with Crippen LogP contribution in [0.15, 0.2) is 189 Å². The number of nitrogens with zero attached hydrogens (tertiary/aromatic N) is 1. The number of fused-ring (bicyclic) bond motifs is 13. The van der Waals surface area contributed by atoms with Crippen LogP contribution in [0.2, 0.25) is 0 Å². The van der Waals surface area contributed by atoms with E-state index in [9.17, 15) is 0 Å². The van der Waals surface area contributed by atoms with E-state index >= 15 is 0 Å². The number of furan rings is 3. The van der Waals surface area contributed by atoms with Gasteiger partial charge in [0.25, 0.3) is 0 Å². The first-order valence-electron chi connectivity index (χ1n) is 18.2. The van der Waals surface area contributed by atoms with Crippen molar-refractivity contribution >= 4 is 104 Å². The highest BCUT2D eigenvalue weighted by atomic mass is 16.3. The minimum absolute atomic E-state index is 0.836. The largest absolute Gasteiger partial charge is 0.456 e. The van der Waals surface area contributed by atoms with E-state index in [-0.39, 0.29) is 0 Å². The Morgan fingerprint density at radius 2 is 0.889 bits per heavy atom. The molecule has 4 nitrogen and oxygen atoms in total. The Morgan fingerprint density at radius 1 is 0.315 bits per heavy atom. The van der Waals surface area contributed by atoms with Crippen LogP contribution in [0.4, 0.5) is 17.1 Å². The third kappa shape index (κ3) is 4.19. The second-order valence-electron chi connectivity index (χ2n) is 14.0. The van der Waals surface area contributed by atoms with Gasteiger partial charge in [-0.05, 0) is 82.6 Å². The lowest BCUT2D eigenvalue weighted by molar-refractivity contribution is 0.668. The standard InChI is InChI=1S/C50H29NO3/c1-3-11-35-31(9-1)22-27-39-41-29-33(23-28-45(41)53-48(35)39)30-19-24-34(25-20-30)51(42-15-8-18-46-47(42)40-13-5-6-17-44(40)52-46)43-16-7-14-37-38-26-21-32-10-2-4-12-36(32)49(38)54-50(37)43/h1-29H. The van der Waals surface area contributed by atoms with Crippen molar-refractivity contribution in [1.82, 2.24) is 0 Å². The van der Waals surface area contributed by atoms with Gasteiger partial charge in [0, 0.05) is 43.4 Å². The molecule has 0 radical (unpaired) electrons. The molecule has 0 fully saturated rings. The zero-order valence-electron chi connectivity index (χ0n) is 28.9. The van der Waals surface area contributed by atoms with E-state index in [1.807, 2.05) is 18.2 Å². The molecule has 0 aliphatic rings. The Balaban J connectivity index is 1.06. The Kier molecular flexibility index (Phi) is 6.02. The van der Waals surface area contributed by atoms with Crippen molar-refractivity contribution < 1.29 is 13.3 Å². The smallest absolute Gasteiger partial charge is 0.159 e. The molecular weight excluding hydrogens is 663 g/mol. The molecule has 0 unspecified atom stereocenters. The SMILES string of the molecule is c1ccc2c(c1)ccc1c3cc(-c4ccc(N(c5cccc6c5oc5c7ccccc7ccc65)c5cccc6oc7ccccc7c56)cc4)ccc3oc21. The maximum absolute atomic E-state index is 6.92. The Morgan fingerprint density at radius 3 is 1.69 bits per heavy atom. The minimum Gasteiger partial charge on any atom is -0.456 e. The summed E-state index contributed by atoms with van der Waals surface area (Å²) in [5.41, 5.74) is 10.5. The summed E-state index contributed by atoms with van der Waals surface area (Å²) in [6.45, 7) is 0. The fourth-order valence-electron chi connectivity index (χ4n) is 8.52. The number of benzene rings is 9. The van der Waals surface area contributed by atoms with E-state index in [2.05, 4.69) is 163 Å². The zero-order valence-corrected chi connectivity index (χ0v) is 28.9. The molecule has 0 aliphatic carbocycles. The van der Waals surface area contributed by atoms with Gasteiger partial charge in [-0.3, -0.25) is 0 Å². The van der Waals surface area contributed by atoms with Gasteiger partial charge in [0.2, 0.25) is 0 Å². The highest BCUT2D eigenvalue weighted by Crippen LogP contribution is 2.47. The first-order valence-corrected chi connectivity index (χ1v) is 18.2. The Bertz CT molecular complexity index is 3450. The number of anilines is 3. The molecule has 3 aromatic heterocycles. The molecule has 0 N–H and O–H groups in total. The molecular formula is C50H29NO3. The van der Waals surface area contributed by atoms with Gasteiger partial charge in [0.15, 0.2) is 5.58 Å². The topological polar surface area (TPSA) is 42.7 Å². The van der Waals surface area contributed by atoms with Crippen molar-refractivity contribution in [2.24, 2.45) is 0 Å². The molecule has 0 amide bonds. The van der Waals surface area contributed by atoms with Crippen LogP contribution in [0.3, 0.4) is 0 Å². The van der Waals surface area contributed by atoms with Gasteiger partial charge < -0.3 is 18.2 Å². The highest BCUT2D eigenvalue weighted by Gasteiger charge is 2.24. The number of rotatable bonds is 4. The number of hydrogen-bond acceptors (Lipinski definition) is 4. The summed E-state index contributed by atoms with van der Waals surface area (Å²) in [4.78, 5) is 2.32. The average Bonchev–Trinajstić information content (AvgIpc) is 3.93. The summed E-state index contributed by atoms with van der Waals surface area (Å²) in [5, 5.41) is 11.1. The van der Waals surface area contributed by atoms with Gasteiger partial charge in [0.05, 0.1) is 16.8 Å². The fraction of sp³-hybridized carbons (Fsp3) is 0. The quantitative estimate of drug-likeness (QED) is 0.184. The molecule has 3 heterocycles.